The molecule has 0 saturated carbocycles. The predicted molar refractivity (Wildman–Crippen MR) is 128 cm³/mol. The van der Waals surface area contributed by atoms with Crippen molar-refractivity contribution >= 4 is 0 Å². The number of aromatic nitrogens is 4. The summed E-state index contributed by atoms with van der Waals surface area (Å²) >= 11 is 0. The second kappa shape index (κ2) is 8.84. The molecule has 1 atom stereocenters. The third kappa shape index (κ3) is 4.47. The standard InChI is InChI=1S/C27H25N5O/c1-27(28,17-20-11-5-2-6-12-20)26-31-30-24(33-26)19-32-25(22-15-9-4-10-16-22)23(18-29-32)21-13-7-3-8-14-21/h2-16,18H,17,19,28H2,1H3/t27-/m1/s1. The van der Waals surface area contributed by atoms with Crippen LogP contribution in [0.2, 0.25) is 0 Å². The normalized spacial score (nSPS) is 13.0. The summed E-state index contributed by atoms with van der Waals surface area (Å²) in [5, 5.41) is 13.2. The van der Waals surface area contributed by atoms with Crippen molar-refractivity contribution in [3.05, 3.63) is 115 Å². The first-order valence-electron chi connectivity index (χ1n) is 10.9. The molecule has 0 fully saturated rings. The maximum absolute atomic E-state index is 6.56. The van der Waals surface area contributed by atoms with E-state index in [2.05, 4.69) is 39.6 Å². The van der Waals surface area contributed by atoms with E-state index in [9.17, 15) is 0 Å². The van der Waals surface area contributed by atoms with Crippen molar-refractivity contribution in [1.82, 2.24) is 20.0 Å². The highest BCUT2D eigenvalue weighted by atomic mass is 16.4. The van der Waals surface area contributed by atoms with E-state index in [1.165, 1.54) is 0 Å². The summed E-state index contributed by atoms with van der Waals surface area (Å²) in [6.45, 7) is 2.26. The van der Waals surface area contributed by atoms with Crippen LogP contribution in [0.3, 0.4) is 0 Å². The molecule has 5 aromatic rings. The van der Waals surface area contributed by atoms with Crippen LogP contribution in [0.5, 0.6) is 0 Å². The summed E-state index contributed by atoms with van der Waals surface area (Å²) in [6.07, 6.45) is 2.49. The summed E-state index contributed by atoms with van der Waals surface area (Å²) in [4.78, 5) is 0. The molecule has 0 radical (unpaired) electrons. The van der Waals surface area contributed by atoms with Gasteiger partial charge in [0.15, 0.2) is 0 Å². The van der Waals surface area contributed by atoms with Crippen LogP contribution in [0.15, 0.2) is 102 Å². The molecule has 5 rings (SSSR count). The lowest BCUT2D eigenvalue weighted by Gasteiger charge is -2.20. The molecule has 0 aliphatic carbocycles. The molecule has 164 valence electrons. The zero-order valence-electron chi connectivity index (χ0n) is 18.4. The first kappa shape index (κ1) is 20.8. The highest BCUT2D eigenvalue weighted by molar-refractivity contribution is 5.80. The number of rotatable bonds is 7. The lowest BCUT2D eigenvalue weighted by Crippen LogP contribution is -2.35. The van der Waals surface area contributed by atoms with Crippen molar-refractivity contribution in [3.63, 3.8) is 0 Å². The molecule has 33 heavy (non-hydrogen) atoms. The van der Waals surface area contributed by atoms with Gasteiger partial charge in [0.25, 0.3) is 0 Å². The third-order valence-electron chi connectivity index (χ3n) is 5.63. The molecule has 0 unspecified atom stereocenters. The van der Waals surface area contributed by atoms with Crippen LogP contribution in [0.1, 0.15) is 24.3 Å². The molecule has 0 bridgehead atoms. The molecule has 0 spiro atoms. The Balaban J connectivity index is 1.46. The number of hydrogen-bond donors (Lipinski definition) is 1. The van der Waals surface area contributed by atoms with Gasteiger partial charge in [-0.3, -0.25) is 4.68 Å². The van der Waals surface area contributed by atoms with Crippen LogP contribution < -0.4 is 5.73 Å². The first-order chi connectivity index (χ1) is 16.1. The smallest absolute Gasteiger partial charge is 0.238 e. The summed E-state index contributed by atoms with van der Waals surface area (Å²) in [5.41, 5.74) is 11.1. The number of hydrogen-bond acceptors (Lipinski definition) is 5. The van der Waals surface area contributed by atoms with Gasteiger partial charge in [0, 0.05) is 11.1 Å². The monoisotopic (exact) mass is 435 g/mol. The van der Waals surface area contributed by atoms with Crippen LogP contribution in [0.25, 0.3) is 22.4 Å². The zero-order valence-corrected chi connectivity index (χ0v) is 18.4. The molecule has 0 aliphatic heterocycles. The average molecular weight is 436 g/mol. The fourth-order valence-corrected chi connectivity index (χ4v) is 4.01. The van der Waals surface area contributed by atoms with Crippen LogP contribution in [0, 0.1) is 0 Å². The molecule has 0 amide bonds. The van der Waals surface area contributed by atoms with E-state index in [0.29, 0.717) is 24.7 Å². The topological polar surface area (TPSA) is 82.8 Å². The Morgan fingerprint density at radius 3 is 2.09 bits per heavy atom. The quantitative estimate of drug-likeness (QED) is 0.386. The van der Waals surface area contributed by atoms with Crippen molar-refractivity contribution < 1.29 is 4.42 Å². The van der Waals surface area contributed by atoms with Gasteiger partial charge in [-0.1, -0.05) is 91.0 Å². The van der Waals surface area contributed by atoms with E-state index >= 15 is 0 Å². The molecule has 3 aromatic carbocycles. The van der Waals surface area contributed by atoms with Crippen molar-refractivity contribution in [2.45, 2.75) is 25.4 Å². The second-order valence-electron chi connectivity index (χ2n) is 8.38. The lowest BCUT2D eigenvalue weighted by molar-refractivity contribution is 0.331. The van der Waals surface area contributed by atoms with Gasteiger partial charge in [0.05, 0.1) is 17.4 Å². The van der Waals surface area contributed by atoms with Gasteiger partial charge in [0.2, 0.25) is 11.8 Å². The summed E-state index contributed by atoms with van der Waals surface area (Å²) in [6, 6.07) is 30.5. The lowest BCUT2D eigenvalue weighted by atomic mass is 9.94. The van der Waals surface area contributed by atoms with Gasteiger partial charge in [-0.2, -0.15) is 5.10 Å². The maximum Gasteiger partial charge on any atom is 0.238 e. The first-order valence-corrected chi connectivity index (χ1v) is 10.9. The Kier molecular flexibility index (Phi) is 5.59. The van der Waals surface area contributed by atoms with E-state index < -0.39 is 5.54 Å². The molecule has 6 nitrogen and oxygen atoms in total. The van der Waals surface area contributed by atoms with E-state index in [-0.39, 0.29) is 0 Å². The molecular formula is C27H25N5O. The fourth-order valence-electron chi connectivity index (χ4n) is 4.01. The Bertz CT molecular complexity index is 1320. The van der Waals surface area contributed by atoms with Gasteiger partial charge in [0.1, 0.15) is 6.54 Å². The van der Waals surface area contributed by atoms with Crippen molar-refractivity contribution in [3.8, 4) is 22.4 Å². The molecule has 2 aromatic heterocycles. The highest BCUT2D eigenvalue weighted by Gasteiger charge is 2.29. The van der Waals surface area contributed by atoms with Crippen LogP contribution in [-0.4, -0.2) is 20.0 Å². The average Bonchev–Trinajstić information content (AvgIpc) is 3.49. The molecule has 2 heterocycles. The van der Waals surface area contributed by atoms with Crippen LogP contribution >= 0.6 is 0 Å². The highest BCUT2D eigenvalue weighted by Crippen LogP contribution is 2.32. The zero-order chi connectivity index (χ0) is 22.7. The second-order valence-corrected chi connectivity index (χ2v) is 8.38. The number of nitrogens with two attached hydrogens (primary N) is 1. The predicted octanol–water partition coefficient (Wildman–Crippen LogP) is 5.07. The minimum absolute atomic E-state index is 0.353. The summed E-state index contributed by atoms with van der Waals surface area (Å²) < 4.78 is 7.93. The molecule has 6 heteroatoms. The Labute approximate surface area is 192 Å². The van der Waals surface area contributed by atoms with Gasteiger partial charge in [-0.25, -0.2) is 0 Å². The Morgan fingerprint density at radius 1 is 0.818 bits per heavy atom. The fraction of sp³-hybridized carbons (Fsp3) is 0.148. The minimum Gasteiger partial charge on any atom is -0.421 e. The maximum atomic E-state index is 6.56. The van der Waals surface area contributed by atoms with Gasteiger partial charge in [-0.05, 0) is 24.5 Å². The largest absolute Gasteiger partial charge is 0.421 e. The van der Waals surface area contributed by atoms with E-state index in [1.54, 1.807) is 0 Å². The van der Waals surface area contributed by atoms with Crippen molar-refractivity contribution in [1.29, 1.82) is 0 Å². The Morgan fingerprint density at radius 2 is 1.42 bits per heavy atom. The van der Waals surface area contributed by atoms with Crippen molar-refractivity contribution in [2.24, 2.45) is 5.73 Å². The van der Waals surface area contributed by atoms with Crippen LogP contribution in [0.4, 0.5) is 0 Å². The van der Waals surface area contributed by atoms with E-state index in [0.717, 1.165) is 27.9 Å². The summed E-state index contributed by atoms with van der Waals surface area (Å²) in [7, 11) is 0. The Hall–Kier alpha value is -4.03. The number of benzene rings is 3. The number of nitrogens with zero attached hydrogens (tertiary/aromatic N) is 4. The van der Waals surface area contributed by atoms with E-state index in [1.807, 2.05) is 84.5 Å². The molecule has 0 aliphatic rings. The minimum atomic E-state index is -0.770. The SMILES string of the molecule is C[C@@](N)(Cc1ccccc1)c1nnc(Cn2ncc(-c3ccccc3)c2-c2ccccc2)o1. The molecule has 0 saturated heterocycles. The summed E-state index contributed by atoms with van der Waals surface area (Å²) in [5.74, 6) is 0.882. The third-order valence-corrected chi connectivity index (χ3v) is 5.63. The van der Waals surface area contributed by atoms with Gasteiger partial charge < -0.3 is 10.2 Å². The van der Waals surface area contributed by atoms with Gasteiger partial charge >= 0.3 is 0 Å². The molecular weight excluding hydrogens is 410 g/mol. The molecule has 2 N–H and O–H groups in total. The van der Waals surface area contributed by atoms with E-state index in [4.69, 9.17) is 10.2 Å². The van der Waals surface area contributed by atoms with Crippen LogP contribution in [-0.2, 0) is 18.5 Å². The van der Waals surface area contributed by atoms with Gasteiger partial charge in [-0.15, -0.1) is 10.2 Å². The van der Waals surface area contributed by atoms with Crippen molar-refractivity contribution in [2.75, 3.05) is 0 Å².